The van der Waals surface area contributed by atoms with E-state index in [1.54, 1.807) is 0 Å². The summed E-state index contributed by atoms with van der Waals surface area (Å²) >= 11 is 0. The fraction of sp³-hybridized carbons (Fsp3) is 0.464. The molecule has 1 aliphatic heterocycles. The standard InChI is InChI=1S/C28H34N6O3/c1-16(2)28(23(13-29)26(30)37-27-25(28)17(3)32-33-27)21-9-18(8-20(10-21)15-35)6-7-19-11-22(12-19)31-24(36)14-34(4)5/h8-10,16,19,22,35H,11-12,14-15,30H2,1-5H3,(H,31,36)(H,32,33). The summed E-state index contributed by atoms with van der Waals surface area (Å²) in [6.07, 6.45) is 1.61. The third-order valence-corrected chi connectivity index (χ3v) is 7.15. The van der Waals surface area contributed by atoms with E-state index >= 15 is 0 Å². The molecule has 1 aliphatic carbocycles. The van der Waals surface area contributed by atoms with Gasteiger partial charge in [-0.15, -0.1) is 5.10 Å². The zero-order valence-corrected chi connectivity index (χ0v) is 22.0. The van der Waals surface area contributed by atoms with Gasteiger partial charge in [-0.3, -0.25) is 9.89 Å². The molecule has 1 unspecified atom stereocenters. The van der Waals surface area contributed by atoms with E-state index in [-0.39, 0.29) is 36.3 Å². The lowest BCUT2D eigenvalue weighted by atomic mass is 9.61. The number of fused-ring (bicyclic) bond motifs is 1. The maximum absolute atomic E-state index is 12.0. The largest absolute Gasteiger partial charge is 0.420 e. The monoisotopic (exact) mass is 502 g/mol. The first-order valence-electron chi connectivity index (χ1n) is 12.4. The zero-order valence-electron chi connectivity index (χ0n) is 22.0. The fourth-order valence-corrected chi connectivity index (χ4v) is 5.44. The summed E-state index contributed by atoms with van der Waals surface area (Å²) < 4.78 is 5.71. The topological polar surface area (TPSA) is 140 Å². The second kappa shape index (κ2) is 10.3. The van der Waals surface area contributed by atoms with Crippen molar-refractivity contribution >= 4 is 5.91 Å². The van der Waals surface area contributed by atoms with Crippen molar-refractivity contribution in [1.82, 2.24) is 20.4 Å². The number of nitrogens with one attached hydrogen (secondary N) is 2. The van der Waals surface area contributed by atoms with Crippen molar-refractivity contribution in [1.29, 1.82) is 5.26 Å². The first-order valence-corrected chi connectivity index (χ1v) is 12.4. The Morgan fingerprint density at radius 3 is 2.73 bits per heavy atom. The van der Waals surface area contributed by atoms with E-state index in [0.717, 1.165) is 35.2 Å². The van der Waals surface area contributed by atoms with Crippen LogP contribution in [0, 0.1) is 41.9 Å². The Morgan fingerprint density at radius 2 is 2.11 bits per heavy atom. The molecule has 0 spiro atoms. The number of rotatable bonds is 6. The Hall–Kier alpha value is -3.79. The fourth-order valence-electron chi connectivity index (χ4n) is 5.44. The van der Waals surface area contributed by atoms with Crippen molar-refractivity contribution in [3.8, 4) is 23.8 Å². The molecule has 37 heavy (non-hydrogen) atoms. The predicted octanol–water partition coefficient (Wildman–Crippen LogP) is 2.05. The van der Waals surface area contributed by atoms with Crippen LogP contribution in [-0.4, -0.2) is 52.8 Å². The highest BCUT2D eigenvalue weighted by Crippen LogP contribution is 2.52. The van der Waals surface area contributed by atoms with E-state index in [0.29, 0.717) is 23.6 Å². The Balaban J connectivity index is 1.69. The molecule has 0 bridgehead atoms. The molecule has 4 rings (SSSR count). The van der Waals surface area contributed by atoms with Crippen LogP contribution in [0.2, 0.25) is 0 Å². The first kappa shape index (κ1) is 26.3. The highest BCUT2D eigenvalue weighted by Gasteiger charge is 2.50. The number of carbonyl (C=O) groups is 1. The molecule has 2 aliphatic rings. The number of nitriles is 1. The minimum Gasteiger partial charge on any atom is -0.420 e. The summed E-state index contributed by atoms with van der Waals surface area (Å²) in [4.78, 5) is 13.8. The molecule has 1 saturated carbocycles. The molecule has 9 heteroatoms. The van der Waals surface area contributed by atoms with Crippen LogP contribution >= 0.6 is 0 Å². The van der Waals surface area contributed by atoms with Crippen LogP contribution in [0.3, 0.4) is 0 Å². The highest BCUT2D eigenvalue weighted by atomic mass is 16.5. The number of nitrogens with zero attached hydrogens (tertiary/aromatic N) is 3. The van der Waals surface area contributed by atoms with Gasteiger partial charge in [0.2, 0.25) is 17.7 Å². The Kier molecular flexibility index (Phi) is 7.31. The van der Waals surface area contributed by atoms with E-state index in [2.05, 4.69) is 33.4 Å². The van der Waals surface area contributed by atoms with Crippen molar-refractivity contribution in [3.63, 3.8) is 0 Å². The molecule has 1 aromatic heterocycles. The van der Waals surface area contributed by atoms with Gasteiger partial charge in [0.05, 0.1) is 24.1 Å². The lowest BCUT2D eigenvalue weighted by Gasteiger charge is -2.41. The number of amides is 1. The molecule has 5 N–H and O–H groups in total. The van der Waals surface area contributed by atoms with Crippen LogP contribution in [0.5, 0.6) is 5.88 Å². The quantitative estimate of drug-likeness (QED) is 0.443. The first-order chi connectivity index (χ1) is 17.6. The van der Waals surface area contributed by atoms with Crippen LogP contribution < -0.4 is 15.8 Å². The third kappa shape index (κ3) is 4.81. The van der Waals surface area contributed by atoms with E-state index in [1.165, 1.54) is 0 Å². The molecule has 1 fully saturated rings. The number of nitrogens with two attached hydrogens (primary N) is 1. The lowest BCUT2D eigenvalue weighted by Crippen LogP contribution is -2.46. The number of aromatic nitrogens is 2. The predicted molar refractivity (Wildman–Crippen MR) is 139 cm³/mol. The molecule has 194 valence electrons. The second-order valence-corrected chi connectivity index (χ2v) is 10.5. The number of ether oxygens (including phenoxy) is 1. The van der Waals surface area contributed by atoms with Crippen molar-refractivity contribution < 1.29 is 14.6 Å². The van der Waals surface area contributed by atoms with Crippen molar-refractivity contribution in [3.05, 3.63) is 57.6 Å². The molecule has 0 radical (unpaired) electrons. The Bertz CT molecular complexity index is 1330. The van der Waals surface area contributed by atoms with E-state index in [9.17, 15) is 15.2 Å². The van der Waals surface area contributed by atoms with Crippen LogP contribution in [0.1, 0.15) is 54.6 Å². The summed E-state index contributed by atoms with van der Waals surface area (Å²) in [5.74, 6) is 7.08. The minimum atomic E-state index is -0.927. The number of likely N-dealkylation sites (N-methyl/N-ethyl adjacent to an activating group) is 1. The van der Waals surface area contributed by atoms with Gasteiger partial charge in [0.15, 0.2) is 0 Å². The summed E-state index contributed by atoms with van der Waals surface area (Å²) in [6.45, 7) is 6.15. The number of carbonyl (C=O) groups excluding carboxylic acids is 1. The van der Waals surface area contributed by atoms with Gasteiger partial charge in [-0.2, -0.15) is 5.26 Å². The number of aromatic amines is 1. The highest BCUT2D eigenvalue weighted by molar-refractivity contribution is 5.78. The van der Waals surface area contributed by atoms with Gasteiger partial charge < -0.3 is 25.8 Å². The van der Waals surface area contributed by atoms with Crippen LogP contribution in [0.25, 0.3) is 0 Å². The summed E-state index contributed by atoms with van der Waals surface area (Å²) in [5.41, 5.74) is 9.40. The molecule has 0 saturated heterocycles. The van der Waals surface area contributed by atoms with Crippen LogP contribution in [-0.2, 0) is 16.8 Å². The maximum atomic E-state index is 12.0. The average molecular weight is 503 g/mol. The van der Waals surface area contributed by atoms with Gasteiger partial charge in [-0.25, -0.2) is 0 Å². The molecular weight excluding hydrogens is 468 g/mol. The molecule has 9 nitrogen and oxygen atoms in total. The minimum absolute atomic E-state index is 0.0201. The third-order valence-electron chi connectivity index (χ3n) is 7.15. The molecule has 1 aromatic carbocycles. The van der Waals surface area contributed by atoms with E-state index in [4.69, 9.17) is 10.5 Å². The molecular formula is C28H34N6O3. The normalized spacial score (nSPS) is 22.5. The van der Waals surface area contributed by atoms with Crippen molar-refractivity contribution in [2.45, 2.75) is 51.7 Å². The van der Waals surface area contributed by atoms with Gasteiger partial charge in [0.1, 0.15) is 11.6 Å². The number of benzene rings is 1. The number of aliphatic hydroxyl groups is 1. The Morgan fingerprint density at radius 1 is 1.38 bits per heavy atom. The van der Waals surface area contributed by atoms with Gasteiger partial charge in [-0.05, 0) is 63.0 Å². The van der Waals surface area contributed by atoms with Gasteiger partial charge >= 0.3 is 0 Å². The number of hydrogen-bond acceptors (Lipinski definition) is 7. The number of allylic oxidation sites excluding steroid dienone is 1. The second-order valence-electron chi connectivity index (χ2n) is 10.5. The van der Waals surface area contributed by atoms with Crippen LogP contribution in [0.15, 0.2) is 29.7 Å². The Labute approximate surface area is 217 Å². The van der Waals surface area contributed by atoms with Gasteiger partial charge in [-0.1, -0.05) is 31.8 Å². The smallest absolute Gasteiger partial charge is 0.244 e. The molecule has 1 atom stereocenters. The molecule has 2 heterocycles. The average Bonchev–Trinajstić information content (AvgIpc) is 3.18. The number of H-pyrrole nitrogens is 1. The maximum Gasteiger partial charge on any atom is 0.244 e. The number of aliphatic hydroxyl groups excluding tert-OH is 1. The SMILES string of the molecule is Cc1[nH]nc2c1C(c1cc(C#CC3CC(NC(=O)CN(C)C)C3)cc(CO)c1)(C(C)C)C(C#N)=C(N)O2. The van der Waals surface area contributed by atoms with Crippen molar-refractivity contribution in [2.24, 2.45) is 17.6 Å². The molecule has 1 amide bonds. The van der Waals surface area contributed by atoms with Crippen molar-refractivity contribution in [2.75, 3.05) is 20.6 Å². The van der Waals surface area contributed by atoms with Crippen LogP contribution in [0.4, 0.5) is 0 Å². The number of aryl methyl sites for hydroxylation is 1. The van der Waals surface area contributed by atoms with Gasteiger partial charge in [0.25, 0.3) is 0 Å². The summed E-state index contributed by atoms with van der Waals surface area (Å²) in [7, 11) is 3.73. The van der Waals surface area contributed by atoms with E-state index in [1.807, 2.05) is 58.0 Å². The summed E-state index contributed by atoms with van der Waals surface area (Å²) in [5, 5.41) is 30.6. The van der Waals surface area contributed by atoms with E-state index < -0.39 is 5.41 Å². The van der Waals surface area contributed by atoms with Gasteiger partial charge in [0, 0.05) is 23.2 Å². The number of hydrogen-bond donors (Lipinski definition) is 4. The zero-order chi connectivity index (χ0) is 26.9. The summed E-state index contributed by atoms with van der Waals surface area (Å²) in [6, 6.07) is 8.16. The lowest BCUT2D eigenvalue weighted by molar-refractivity contribution is -0.123. The molecule has 2 aromatic rings.